The third-order valence-corrected chi connectivity index (χ3v) is 2.31. The molecule has 0 aliphatic heterocycles. The predicted molar refractivity (Wildman–Crippen MR) is 57.9 cm³/mol. The molecule has 0 radical (unpaired) electrons. The number of anilines is 1. The Kier molecular flexibility index (Phi) is 3.91. The van der Waals surface area contributed by atoms with E-state index in [2.05, 4.69) is 21.4 Å². The van der Waals surface area contributed by atoms with E-state index < -0.39 is 0 Å². The summed E-state index contributed by atoms with van der Waals surface area (Å²) in [6, 6.07) is 5.19. The highest BCUT2D eigenvalue weighted by Gasteiger charge is 2.13. The number of para-hydroxylation sites is 1. The van der Waals surface area contributed by atoms with Crippen molar-refractivity contribution in [3.63, 3.8) is 0 Å². The Balaban J connectivity index is 3.07. The van der Waals surface area contributed by atoms with Crippen molar-refractivity contribution in [2.24, 2.45) is 5.84 Å². The maximum atomic E-state index is 11.4. The van der Waals surface area contributed by atoms with Gasteiger partial charge in [-0.1, -0.05) is 6.07 Å². The number of benzene rings is 1. The number of carbonyl (C=O) groups excluding carboxylic acids is 1. The molecule has 0 amide bonds. The van der Waals surface area contributed by atoms with Crippen LogP contribution in [0.5, 0.6) is 0 Å². The van der Waals surface area contributed by atoms with Crippen molar-refractivity contribution in [2.45, 2.75) is 6.92 Å². The highest BCUT2D eigenvalue weighted by atomic mass is 79.9. The summed E-state index contributed by atoms with van der Waals surface area (Å²) in [6.07, 6.45) is 0. The van der Waals surface area contributed by atoms with E-state index in [1.807, 2.05) is 0 Å². The van der Waals surface area contributed by atoms with Crippen molar-refractivity contribution in [3.8, 4) is 0 Å². The molecule has 0 fully saturated rings. The van der Waals surface area contributed by atoms with Gasteiger partial charge in [0.1, 0.15) is 0 Å². The summed E-state index contributed by atoms with van der Waals surface area (Å²) < 4.78 is 5.60. The van der Waals surface area contributed by atoms with Gasteiger partial charge in [-0.25, -0.2) is 4.79 Å². The van der Waals surface area contributed by atoms with Gasteiger partial charge in [0.2, 0.25) is 0 Å². The van der Waals surface area contributed by atoms with Crippen LogP contribution >= 0.6 is 15.9 Å². The number of esters is 1. The first kappa shape index (κ1) is 11.0. The topological polar surface area (TPSA) is 64.3 Å². The number of nitrogens with one attached hydrogen (secondary N) is 1. The number of hydrogen-bond donors (Lipinski definition) is 2. The molecule has 5 heteroatoms. The van der Waals surface area contributed by atoms with E-state index in [9.17, 15) is 4.79 Å². The van der Waals surface area contributed by atoms with Crippen LogP contribution in [0, 0.1) is 0 Å². The van der Waals surface area contributed by atoms with Crippen LogP contribution in [0.3, 0.4) is 0 Å². The summed E-state index contributed by atoms with van der Waals surface area (Å²) in [5, 5.41) is 0. The van der Waals surface area contributed by atoms with Gasteiger partial charge in [0.25, 0.3) is 0 Å². The fourth-order valence-electron chi connectivity index (χ4n) is 1.05. The van der Waals surface area contributed by atoms with Gasteiger partial charge in [-0.2, -0.15) is 0 Å². The van der Waals surface area contributed by atoms with Crippen LogP contribution in [0.2, 0.25) is 0 Å². The zero-order valence-corrected chi connectivity index (χ0v) is 9.30. The molecule has 76 valence electrons. The fourth-order valence-corrected chi connectivity index (χ4v) is 1.53. The average Bonchev–Trinajstić information content (AvgIpc) is 2.17. The van der Waals surface area contributed by atoms with Gasteiger partial charge in [0, 0.05) is 4.47 Å². The number of nitrogen functional groups attached to an aromatic ring is 1. The Morgan fingerprint density at radius 3 is 2.93 bits per heavy atom. The van der Waals surface area contributed by atoms with Crippen molar-refractivity contribution < 1.29 is 9.53 Å². The van der Waals surface area contributed by atoms with E-state index >= 15 is 0 Å². The summed E-state index contributed by atoms with van der Waals surface area (Å²) in [5.74, 6) is 4.91. The maximum Gasteiger partial charge on any atom is 0.340 e. The molecule has 0 bridgehead atoms. The maximum absolute atomic E-state index is 11.4. The minimum Gasteiger partial charge on any atom is -0.462 e. The molecule has 0 heterocycles. The quantitative estimate of drug-likeness (QED) is 0.494. The molecule has 0 spiro atoms. The Labute approximate surface area is 90.5 Å². The molecule has 0 aromatic heterocycles. The zero-order chi connectivity index (χ0) is 10.6. The van der Waals surface area contributed by atoms with E-state index in [0.29, 0.717) is 17.9 Å². The van der Waals surface area contributed by atoms with Gasteiger partial charge in [-0.3, -0.25) is 5.84 Å². The first-order chi connectivity index (χ1) is 6.70. The molecule has 0 unspecified atom stereocenters. The molecular formula is C9H11BrN2O2. The van der Waals surface area contributed by atoms with Gasteiger partial charge in [-0.15, -0.1) is 0 Å². The lowest BCUT2D eigenvalue weighted by atomic mass is 10.2. The number of hydrogen-bond acceptors (Lipinski definition) is 4. The molecule has 1 aromatic rings. The zero-order valence-electron chi connectivity index (χ0n) is 7.71. The van der Waals surface area contributed by atoms with E-state index in [1.54, 1.807) is 25.1 Å². The second-order valence-corrected chi connectivity index (χ2v) is 3.38. The number of carbonyl (C=O) groups is 1. The second kappa shape index (κ2) is 4.97. The summed E-state index contributed by atoms with van der Waals surface area (Å²) in [7, 11) is 0. The molecule has 1 aromatic carbocycles. The van der Waals surface area contributed by atoms with Crippen LogP contribution in [0.25, 0.3) is 0 Å². The van der Waals surface area contributed by atoms with Crippen molar-refractivity contribution in [3.05, 3.63) is 28.2 Å². The Morgan fingerprint density at radius 1 is 1.64 bits per heavy atom. The van der Waals surface area contributed by atoms with Crippen LogP contribution in [0.1, 0.15) is 17.3 Å². The van der Waals surface area contributed by atoms with Crippen LogP contribution in [-0.2, 0) is 4.74 Å². The third kappa shape index (κ3) is 2.24. The lowest BCUT2D eigenvalue weighted by molar-refractivity contribution is 0.0527. The summed E-state index contributed by atoms with van der Waals surface area (Å²) in [6.45, 7) is 2.10. The lowest BCUT2D eigenvalue weighted by Crippen LogP contribution is -2.14. The summed E-state index contributed by atoms with van der Waals surface area (Å²) in [5.41, 5.74) is 3.41. The van der Waals surface area contributed by atoms with E-state index in [1.165, 1.54) is 0 Å². The molecule has 0 aliphatic carbocycles. The lowest BCUT2D eigenvalue weighted by Gasteiger charge is -2.09. The predicted octanol–water partition coefficient (Wildman–Crippen LogP) is 1.91. The number of nitrogens with two attached hydrogens (primary N) is 1. The first-order valence-electron chi connectivity index (χ1n) is 4.13. The Bertz CT molecular complexity index is 342. The van der Waals surface area contributed by atoms with Crippen LogP contribution in [0.4, 0.5) is 5.69 Å². The molecule has 3 N–H and O–H groups in total. The monoisotopic (exact) mass is 258 g/mol. The molecule has 0 aliphatic rings. The summed E-state index contributed by atoms with van der Waals surface area (Å²) >= 11 is 3.28. The van der Waals surface area contributed by atoms with E-state index in [0.717, 1.165) is 4.47 Å². The Morgan fingerprint density at radius 2 is 2.36 bits per heavy atom. The number of halogens is 1. The van der Waals surface area contributed by atoms with E-state index in [-0.39, 0.29) is 5.97 Å². The fraction of sp³-hybridized carbons (Fsp3) is 0.222. The molecule has 0 saturated heterocycles. The van der Waals surface area contributed by atoms with Crippen LogP contribution in [-0.4, -0.2) is 12.6 Å². The normalized spacial score (nSPS) is 9.64. The number of ether oxygens (including phenoxy) is 1. The molecule has 4 nitrogen and oxygen atoms in total. The van der Waals surface area contributed by atoms with Gasteiger partial charge in [0.15, 0.2) is 0 Å². The minimum atomic E-state index is -0.387. The highest BCUT2D eigenvalue weighted by molar-refractivity contribution is 9.10. The molecule has 0 atom stereocenters. The van der Waals surface area contributed by atoms with Crippen molar-refractivity contribution >= 4 is 27.6 Å². The van der Waals surface area contributed by atoms with Gasteiger partial charge in [-0.05, 0) is 35.0 Å². The molecular weight excluding hydrogens is 248 g/mol. The van der Waals surface area contributed by atoms with E-state index in [4.69, 9.17) is 10.6 Å². The smallest absolute Gasteiger partial charge is 0.340 e. The van der Waals surface area contributed by atoms with Crippen LogP contribution in [0.15, 0.2) is 22.7 Å². The second-order valence-electron chi connectivity index (χ2n) is 2.53. The highest BCUT2D eigenvalue weighted by Crippen LogP contribution is 2.25. The van der Waals surface area contributed by atoms with Crippen molar-refractivity contribution in [1.82, 2.24) is 0 Å². The Hall–Kier alpha value is -1.07. The van der Waals surface area contributed by atoms with Crippen LogP contribution < -0.4 is 11.3 Å². The molecule has 14 heavy (non-hydrogen) atoms. The number of hydrazine groups is 1. The van der Waals surface area contributed by atoms with Gasteiger partial charge < -0.3 is 10.2 Å². The SMILES string of the molecule is CCOC(=O)c1cccc(Br)c1NN. The molecule has 0 saturated carbocycles. The largest absolute Gasteiger partial charge is 0.462 e. The number of rotatable bonds is 3. The van der Waals surface area contributed by atoms with Crippen molar-refractivity contribution in [1.29, 1.82) is 0 Å². The third-order valence-electron chi connectivity index (χ3n) is 1.65. The molecule has 1 rings (SSSR count). The summed E-state index contributed by atoms with van der Waals surface area (Å²) in [4.78, 5) is 11.4. The first-order valence-corrected chi connectivity index (χ1v) is 4.92. The minimum absolute atomic E-state index is 0.343. The standard InChI is InChI=1S/C9H11BrN2O2/c1-2-14-9(13)6-4-3-5-7(10)8(6)12-11/h3-5,12H,2,11H2,1H3. The average molecular weight is 259 g/mol. The van der Waals surface area contributed by atoms with Gasteiger partial charge >= 0.3 is 5.97 Å². The van der Waals surface area contributed by atoms with Gasteiger partial charge in [0.05, 0.1) is 17.9 Å². The van der Waals surface area contributed by atoms with Crippen molar-refractivity contribution in [2.75, 3.05) is 12.0 Å².